The molecule has 3 heterocycles. The van der Waals surface area contributed by atoms with Crippen molar-refractivity contribution in [3.63, 3.8) is 0 Å². The minimum Gasteiger partial charge on any atom is -0.493 e. The number of nitrogens with one attached hydrogen (secondary N) is 1. The van der Waals surface area contributed by atoms with Crippen molar-refractivity contribution in [2.75, 3.05) is 26.8 Å². The Morgan fingerprint density at radius 2 is 2.03 bits per heavy atom. The molecule has 2 amide bonds. The zero-order valence-corrected chi connectivity index (χ0v) is 22.1. The van der Waals surface area contributed by atoms with Gasteiger partial charge in [-0.3, -0.25) is 9.59 Å². The number of benzene rings is 1. The maximum atomic E-state index is 13.4. The van der Waals surface area contributed by atoms with Gasteiger partial charge in [0.25, 0.3) is 0 Å². The molecule has 0 spiro atoms. The molecule has 194 valence electrons. The zero-order chi connectivity index (χ0) is 25.5. The number of carbonyl (C=O) groups is 2. The number of hydrogen-bond donors (Lipinski definition) is 1. The molecule has 5 atom stereocenters. The van der Waals surface area contributed by atoms with E-state index in [0.29, 0.717) is 13.1 Å². The molecule has 2 fully saturated rings. The highest BCUT2D eigenvalue weighted by molar-refractivity contribution is 5.87. The Morgan fingerprint density at radius 1 is 1.29 bits per heavy atom. The molecule has 0 saturated carbocycles. The molecule has 0 radical (unpaired) electrons. The van der Waals surface area contributed by atoms with Gasteiger partial charge in [-0.1, -0.05) is 12.1 Å². The highest BCUT2D eigenvalue weighted by Gasteiger charge is 2.52. The first kappa shape index (κ1) is 25.8. The third kappa shape index (κ3) is 5.43. The molecule has 0 aromatic heterocycles. The van der Waals surface area contributed by atoms with E-state index in [1.165, 1.54) is 6.92 Å². The lowest BCUT2D eigenvalue weighted by molar-refractivity contribution is -0.189. The van der Waals surface area contributed by atoms with Crippen LogP contribution < -0.4 is 14.8 Å². The van der Waals surface area contributed by atoms with Crippen molar-refractivity contribution in [2.45, 2.75) is 83.8 Å². The van der Waals surface area contributed by atoms with E-state index in [-0.39, 0.29) is 42.5 Å². The summed E-state index contributed by atoms with van der Waals surface area (Å²) in [7, 11) is 1.66. The largest absolute Gasteiger partial charge is 0.493 e. The van der Waals surface area contributed by atoms with Crippen LogP contribution in [0.5, 0.6) is 11.5 Å². The molecule has 1 aromatic carbocycles. The van der Waals surface area contributed by atoms with Crippen LogP contribution in [0.4, 0.5) is 0 Å². The predicted molar refractivity (Wildman–Crippen MR) is 131 cm³/mol. The third-order valence-corrected chi connectivity index (χ3v) is 7.37. The fourth-order valence-corrected chi connectivity index (χ4v) is 5.63. The molecule has 1 N–H and O–H groups in total. The van der Waals surface area contributed by atoms with E-state index in [2.05, 4.69) is 25.2 Å². The quantitative estimate of drug-likeness (QED) is 0.683. The van der Waals surface area contributed by atoms with E-state index in [4.69, 9.17) is 18.9 Å². The van der Waals surface area contributed by atoms with Crippen molar-refractivity contribution in [3.8, 4) is 11.5 Å². The van der Waals surface area contributed by atoms with Crippen molar-refractivity contribution < 1.29 is 28.5 Å². The molecular weight excluding hydrogens is 448 g/mol. The number of hydrogen-bond acceptors (Lipinski definition) is 6. The topological polar surface area (TPSA) is 86.3 Å². The number of carbonyl (C=O) groups excluding carboxylic acids is 2. The van der Waals surface area contributed by atoms with Crippen molar-refractivity contribution in [3.05, 3.63) is 23.8 Å². The first-order chi connectivity index (χ1) is 16.4. The summed E-state index contributed by atoms with van der Waals surface area (Å²) in [4.78, 5) is 27.1. The van der Waals surface area contributed by atoms with Crippen LogP contribution >= 0.6 is 0 Å². The summed E-state index contributed by atoms with van der Waals surface area (Å²) in [6.07, 6.45) is 1.65. The maximum Gasteiger partial charge on any atom is 0.247 e. The fraction of sp³-hybridized carbons (Fsp3) is 0.704. The van der Waals surface area contributed by atoms with Crippen LogP contribution in [-0.2, 0) is 19.1 Å². The van der Waals surface area contributed by atoms with Crippen molar-refractivity contribution in [1.82, 2.24) is 10.2 Å². The Balaban J connectivity index is 1.50. The van der Waals surface area contributed by atoms with E-state index in [1.54, 1.807) is 7.11 Å². The summed E-state index contributed by atoms with van der Waals surface area (Å²) in [6, 6.07) is 5.26. The van der Waals surface area contributed by atoms with Crippen LogP contribution in [0, 0.1) is 11.8 Å². The first-order valence-corrected chi connectivity index (χ1v) is 12.6. The number of likely N-dealkylation sites (tertiary alicyclic amines) is 1. The van der Waals surface area contributed by atoms with E-state index in [9.17, 15) is 9.59 Å². The molecule has 1 aromatic rings. The summed E-state index contributed by atoms with van der Waals surface area (Å²) < 4.78 is 24.6. The van der Waals surface area contributed by atoms with Gasteiger partial charge in [0, 0.05) is 37.4 Å². The van der Waals surface area contributed by atoms with Crippen molar-refractivity contribution in [1.29, 1.82) is 0 Å². The van der Waals surface area contributed by atoms with Crippen LogP contribution in [0.3, 0.4) is 0 Å². The Morgan fingerprint density at radius 3 is 2.69 bits per heavy atom. The lowest BCUT2D eigenvalue weighted by Crippen LogP contribution is -2.58. The number of fused-ring (bicyclic) bond motifs is 4. The average molecular weight is 489 g/mol. The van der Waals surface area contributed by atoms with Crippen LogP contribution in [0.15, 0.2) is 18.2 Å². The molecule has 35 heavy (non-hydrogen) atoms. The molecule has 0 aliphatic carbocycles. The lowest BCUT2D eigenvalue weighted by Gasteiger charge is -2.53. The van der Waals surface area contributed by atoms with Gasteiger partial charge in [-0.25, -0.2) is 0 Å². The van der Waals surface area contributed by atoms with Crippen LogP contribution in [0.2, 0.25) is 0 Å². The molecule has 4 rings (SSSR count). The molecule has 0 bridgehead atoms. The van der Waals surface area contributed by atoms with Crippen molar-refractivity contribution in [2.24, 2.45) is 11.8 Å². The van der Waals surface area contributed by atoms with E-state index in [1.807, 2.05) is 37.8 Å². The van der Waals surface area contributed by atoms with Crippen LogP contribution in [0.25, 0.3) is 0 Å². The smallest absolute Gasteiger partial charge is 0.247 e. The number of para-hydroxylation sites is 1. The summed E-state index contributed by atoms with van der Waals surface area (Å²) in [6.45, 7) is 12.8. The second-order valence-electron chi connectivity index (χ2n) is 11.5. The Labute approximate surface area is 208 Å². The van der Waals surface area contributed by atoms with Crippen molar-refractivity contribution >= 4 is 11.8 Å². The fourth-order valence-electron chi connectivity index (χ4n) is 5.63. The maximum absolute atomic E-state index is 13.4. The van der Waals surface area contributed by atoms with E-state index in [0.717, 1.165) is 29.9 Å². The average Bonchev–Trinajstić information content (AvgIpc) is 2.78. The zero-order valence-electron chi connectivity index (χ0n) is 22.1. The number of rotatable bonds is 5. The van der Waals surface area contributed by atoms with Gasteiger partial charge in [0.2, 0.25) is 11.8 Å². The number of methoxy groups -OCH3 is 1. The third-order valence-electron chi connectivity index (χ3n) is 7.37. The summed E-state index contributed by atoms with van der Waals surface area (Å²) in [5.41, 5.74) is 0.195. The number of nitrogens with zero attached hydrogens (tertiary/aromatic N) is 1. The first-order valence-electron chi connectivity index (χ1n) is 12.6. The number of amides is 2. The van der Waals surface area contributed by atoms with E-state index >= 15 is 0 Å². The van der Waals surface area contributed by atoms with Crippen LogP contribution in [0.1, 0.15) is 66.1 Å². The minimum atomic E-state index is -0.700. The Hall–Kier alpha value is -2.32. The van der Waals surface area contributed by atoms with Gasteiger partial charge in [0.1, 0.15) is 11.6 Å². The molecule has 3 aliphatic heterocycles. The minimum absolute atomic E-state index is 0.0679. The summed E-state index contributed by atoms with van der Waals surface area (Å²) >= 11 is 0. The molecule has 8 nitrogen and oxygen atoms in total. The SMILES string of the molecule is COc1cccc2c1OC(C)(C)[C@H]1C[C@@H]3CN(C(=O)[C@H](COC(C)(C)C)NC(C)=O)CC[C@@H]3O[C@H]21. The highest BCUT2D eigenvalue weighted by atomic mass is 16.5. The molecule has 0 unspecified atom stereocenters. The highest BCUT2D eigenvalue weighted by Crippen LogP contribution is 2.55. The van der Waals surface area contributed by atoms with Gasteiger partial charge in [-0.2, -0.15) is 0 Å². The van der Waals surface area contributed by atoms with Gasteiger partial charge in [-0.15, -0.1) is 0 Å². The van der Waals surface area contributed by atoms with E-state index < -0.39 is 17.2 Å². The summed E-state index contributed by atoms with van der Waals surface area (Å²) in [5.74, 6) is 1.50. The number of ether oxygens (including phenoxy) is 4. The van der Waals surface area contributed by atoms with Gasteiger partial charge < -0.3 is 29.2 Å². The Bertz CT molecular complexity index is 955. The normalized spacial score (nSPS) is 28.0. The van der Waals surface area contributed by atoms with Gasteiger partial charge in [-0.05, 0) is 53.5 Å². The monoisotopic (exact) mass is 488 g/mol. The number of piperidine rings is 1. The van der Waals surface area contributed by atoms with Gasteiger partial charge in [0.15, 0.2) is 11.5 Å². The second kappa shape index (κ2) is 9.62. The second-order valence-corrected chi connectivity index (χ2v) is 11.5. The van der Waals surface area contributed by atoms with Gasteiger partial charge in [0.05, 0.1) is 31.5 Å². The standard InChI is InChI=1S/C27H40N2O6/c1-16(30)28-20(15-33-26(2,3)4)25(31)29-12-11-21-17(14-29)13-19-23(34-21)18-9-8-10-22(32-7)24(18)35-27(19,5)6/h8-10,17,19-21,23H,11-15H2,1-7H3,(H,28,30)/t17-,19+,20+,21+,23-/m1/s1. The molecule has 2 saturated heterocycles. The molecular formula is C27H40N2O6. The molecule has 8 heteroatoms. The summed E-state index contributed by atoms with van der Waals surface area (Å²) in [5, 5.41) is 2.78. The molecule has 3 aliphatic rings. The lowest BCUT2D eigenvalue weighted by atomic mass is 9.70. The van der Waals surface area contributed by atoms with Crippen LogP contribution in [-0.4, -0.2) is 66.9 Å². The predicted octanol–water partition coefficient (Wildman–Crippen LogP) is 3.48. The van der Waals surface area contributed by atoms with Gasteiger partial charge >= 0.3 is 0 Å². The Kier molecular flexibility index (Phi) is 7.08.